The van der Waals surface area contributed by atoms with Gasteiger partial charge in [-0.05, 0) is 73.4 Å². The Kier molecular flexibility index (Phi) is 9.77. The van der Waals surface area contributed by atoms with Crippen LogP contribution in [0.4, 0.5) is 0 Å². The lowest BCUT2D eigenvalue weighted by Gasteiger charge is -2.37. The highest BCUT2D eigenvalue weighted by Gasteiger charge is 2.41. The first-order valence-corrected chi connectivity index (χ1v) is 19.9. The molecule has 38 heavy (non-hydrogen) atoms. The van der Waals surface area contributed by atoms with E-state index in [4.69, 9.17) is 27.4 Å². The first-order valence-electron chi connectivity index (χ1n) is 12.9. The number of aryl methyl sites for hydroxylation is 2. The van der Waals surface area contributed by atoms with Crippen LogP contribution >= 0.6 is 8.25 Å². The Labute approximate surface area is 232 Å². The predicted octanol–water partition coefficient (Wildman–Crippen LogP) is 8.94. The molecule has 2 rings (SSSR count). The monoisotopic (exact) mass is 582 g/mol. The molecule has 214 valence electrons. The second-order valence-electron chi connectivity index (χ2n) is 12.7. The van der Waals surface area contributed by atoms with Crippen LogP contribution in [0.3, 0.4) is 0 Å². The average Bonchev–Trinajstić information content (AvgIpc) is 2.75. The summed E-state index contributed by atoms with van der Waals surface area (Å²) in [4.78, 5) is 0. The van der Waals surface area contributed by atoms with Crippen LogP contribution in [-0.2, 0) is 4.57 Å². The molecule has 2 aromatic rings. The molecule has 0 aliphatic heterocycles. The zero-order chi connectivity index (χ0) is 29.3. The third-order valence-electron chi connectivity index (χ3n) is 7.60. The highest BCUT2D eigenvalue weighted by Crippen LogP contribution is 2.46. The molecule has 0 aliphatic carbocycles. The molecule has 0 unspecified atom stereocenters. The van der Waals surface area contributed by atoms with Gasteiger partial charge in [-0.3, -0.25) is 0 Å². The van der Waals surface area contributed by atoms with E-state index in [0.717, 1.165) is 11.1 Å². The second-order valence-corrected chi connectivity index (χ2v) is 23.1. The van der Waals surface area contributed by atoms with Crippen molar-refractivity contribution in [1.29, 1.82) is 0 Å². The summed E-state index contributed by atoms with van der Waals surface area (Å²) < 4.78 is 48.5. The van der Waals surface area contributed by atoms with Gasteiger partial charge >= 0.3 is 8.25 Å². The van der Waals surface area contributed by atoms with Crippen LogP contribution in [0, 0.1) is 13.8 Å². The summed E-state index contributed by atoms with van der Waals surface area (Å²) in [6, 6.07) is 6.95. The van der Waals surface area contributed by atoms with Gasteiger partial charge in [0.1, 0.15) is 23.0 Å². The highest BCUT2D eigenvalue weighted by molar-refractivity contribution is 7.34. The molecule has 0 saturated heterocycles. The zero-order valence-corrected chi connectivity index (χ0v) is 28.7. The van der Waals surface area contributed by atoms with Crippen molar-refractivity contribution in [2.45, 2.75) is 91.7 Å². The van der Waals surface area contributed by atoms with E-state index in [1.165, 1.54) is 0 Å². The molecule has 0 heterocycles. The lowest BCUT2D eigenvalue weighted by molar-refractivity contribution is 0.375. The Morgan fingerprint density at radius 1 is 0.632 bits per heavy atom. The zero-order valence-electron chi connectivity index (χ0n) is 25.7. The largest absolute Gasteiger partial charge is 0.541 e. The Hall–Kier alpha value is -2.10. The minimum atomic E-state index is -2.94. The van der Waals surface area contributed by atoms with Gasteiger partial charge in [-0.15, -0.1) is 0 Å². The standard InChI is InChI=1S/C28H47O7PSi2/c1-19-15-21(17-23(30-9)25(19)34-37(11,12)27(3,4)5)32-36(29)33-22-16-20(2)26(24(18-22)31-10)35-38(13,14)28(6,7)8/h15-18,36H,1-14H3. The fraction of sp³-hybridized carbons (Fsp3) is 0.571. The van der Waals surface area contributed by atoms with Crippen LogP contribution in [0.5, 0.6) is 34.5 Å². The van der Waals surface area contributed by atoms with E-state index in [0.29, 0.717) is 34.5 Å². The fourth-order valence-electron chi connectivity index (χ4n) is 3.13. The quantitative estimate of drug-likeness (QED) is 0.204. The van der Waals surface area contributed by atoms with E-state index < -0.39 is 24.9 Å². The summed E-state index contributed by atoms with van der Waals surface area (Å²) in [5, 5.41) is 0.0617. The highest BCUT2D eigenvalue weighted by atomic mass is 31.1. The number of benzene rings is 2. The summed E-state index contributed by atoms with van der Waals surface area (Å²) in [5.41, 5.74) is 1.67. The number of rotatable bonds is 10. The molecule has 0 saturated carbocycles. The average molecular weight is 583 g/mol. The number of ether oxygens (including phenoxy) is 2. The lowest BCUT2D eigenvalue weighted by Crippen LogP contribution is -2.44. The molecule has 0 atom stereocenters. The maximum Gasteiger partial charge on any atom is 0.418 e. The molecule has 0 aromatic heterocycles. The van der Waals surface area contributed by atoms with Gasteiger partial charge in [0.15, 0.2) is 11.5 Å². The van der Waals surface area contributed by atoms with E-state index in [2.05, 4.69) is 67.7 Å². The molecule has 0 amide bonds. The van der Waals surface area contributed by atoms with Crippen molar-refractivity contribution in [2.75, 3.05) is 14.2 Å². The summed E-state index contributed by atoms with van der Waals surface area (Å²) in [5.74, 6) is 3.20. The summed E-state index contributed by atoms with van der Waals surface area (Å²) in [6.45, 7) is 25.7. The Morgan fingerprint density at radius 2 is 0.947 bits per heavy atom. The molecule has 0 fully saturated rings. The SMILES string of the molecule is COc1cc(O[PH](=O)Oc2cc(C)c(O[Si](C)(C)C(C)(C)C)c(OC)c2)cc(C)c1O[Si](C)(C)C(C)(C)C. The first kappa shape index (κ1) is 32.1. The van der Waals surface area contributed by atoms with Crippen molar-refractivity contribution < 1.29 is 31.9 Å². The smallest absolute Gasteiger partial charge is 0.418 e. The minimum absolute atomic E-state index is 0.0309. The van der Waals surface area contributed by atoms with Crippen LogP contribution in [0.25, 0.3) is 0 Å². The van der Waals surface area contributed by atoms with E-state index >= 15 is 0 Å². The Morgan fingerprint density at radius 3 is 1.21 bits per heavy atom. The minimum Gasteiger partial charge on any atom is -0.541 e. The molecule has 0 N–H and O–H groups in total. The number of hydrogen-bond donors (Lipinski definition) is 0. The van der Waals surface area contributed by atoms with Crippen LogP contribution in [-0.4, -0.2) is 30.9 Å². The van der Waals surface area contributed by atoms with E-state index in [9.17, 15) is 4.57 Å². The second kappa shape index (κ2) is 11.6. The summed E-state index contributed by atoms with van der Waals surface area (Å²) in [6.07, 6.45) is 0. The fourth-order valence-corrected chi connectivity index (χ4v) is 5.95. The van der Waals surface area contributed by atoms with Gasteiger partial charge in [0, 0.05) is 12.1 Å². The molecule has 0 radical (unpaired) electrons. The van der Waals surface area contributed by atoms with Gasteiger partial charge in [0.2, 0.25) is 0 Å². The van der Waals surface area contributed by atoms with E-state index in [1.807, 2.05) is 13.8 Å². The lowest BCUT2D eigenvalue weighted by atomic mass is 10.2. The van der Waals surface area contributed by atoms with E-state index in [-0.39, 0.29) is 10.1 Å². The van der Waals surface area contributed by atoms with Crippen molar-refractivity contribution in [3.63, 3.8) is 0 Å². The van der Waals surface area contributed by atoms with Crippen LogP contribution in [0.15, 0.2) is 24.3 Å². The van der Waals surface area contributed by atoms with Crippen molar-refractivity contribution in [3.8, 4) is 34.5 Å². The molecular weight excluding hydrogens is 535 g/mol. The topological polar surface area (TPSA) is 72.5 Å². The van der Waals surface area contributed by atoms with Crippen LogP contribution in [0.1, 0.15) is 52.7 Å². The third-order valence-corrected chi connectivity index (χ3v) is 17.1. The molecule has 7 nitrogen and oxygen atoms in total. The van der Waals surface area contributed by atoms with Gasteiger partial charge in [-0.1, -0.05) is 41.5 Å². The van der Waals surface area contributed by atoms with Crippen molar-refractivity contribution in [3.05, 3.63) is 35.4 Å². The normalized spacial score (nSPS) is 12.8. The van der Waals surface area contributed by atoms with Gasteiger partial charge in [-0.2, -0.15) is 0 Å². The third kappa shape index (κ3) is 7.51. The number of hydrogen-bond acceptors (Lipinski definition) is 7. The van der Waals surface area contributed by atoms with E-state index in [1.54, 1.807) is 38.5 Å². The Bertz CT molecular complexity index is 1080. The summed E-state index contributed by atoms with van der Waals surface area (Å²) >= 11 is 0. The molecule has 0 spiro atoms. The number of methoxy groups -OCH3 is 2. The maximum atomic E-state index is 12.9. The molecule has 0 aliphatic rings. The van der Waals surface area contributed by atoms with Crippen LogP contribution < -0.4 is 27.4 Å². The van der Waals surface area contributed by atoms with Crippen molar-refractivity contribution in [1.82, 2.24) is 0 Å². The first-order chi connectivity index (χ1) is 17.2. The molecule has 0 bridgehead atoms. The van der Waals surface area contributed by atoms with Gasteiger partial charge < -0.3 is 27.4 Å². The Balaban J connectivity index is 2.27. The van der Waals surface area contributed by atoms with Crippen molar-refractivity contribution >= 4 is 24.9 Å². The predicted molar refractivity (Wildman–Crippen MR) is 161 cm³/mol. The van der Waals surface area contributed by atoms with Gasteiger partial charge in [-0.25, -0.2) is 4.57 Å². The maximum absolute atomic E-state index is 12.9. The van der Waals surface area contributed by atoms with Gasteiger partial charge in [0.25, 0.3) is 16.6 Å². The molecular formula is C28H47O7PSi2. The molecule has 10 heteroatoms. The summed E-state index contributed by atoms with van der Waals surface area (Å²) in [7, 11) is -3.96. The van der Waals surface area contributed by atoms with Crippen LogP contribution in [0.2, 0.25) is 36.3 Å². The van der Waals surface area contributed by atoms with Crippen molar-refractivity contribution in [2.24, 2.45) is 0 Å². The van der Waals surface area contributed by atoms with Gasteiger partial charge in [0.05, 0.1) is 14.2 Å². The molecule has 2 aromatic carbocycles.